The highest BCUT2D eigenvalue weighted by molar-refractivity contribution is 5.77. The van der Waals surface area contributed by atoms with Crippen LogP contribution in [0.1, 0.15) is 55.9 Å². The van der Waals surface area contributed by atoms with Crippen LogP contribution >= 0.6 is 0 Å². The van der Waals surface area contributed by atoms with Gasteiger partial charge in [-0.3, -0.25) is 9.59 Å². The smallest absolute Gasteiger partial charge is 0.305 e. The lowest BCUT2D eigenvalue weighted by molar-refractivity contribution is -0.137. The van der Waals surface area contributed by atoms with Gasteiger partial charge < -0.3 is 14.9 Å². The molecule has 1 atom stereocenters. The zero-order valence-corrected chi connectivity index (χ0v) is 14.0. The van der Waals surface area contributed by atoms with E-state index >= 15 is 0 Å². The third kappa shape index (κ3) is 5.66. The molecule has 8 heteroatoms. The topological polar surface area (TPSA) is 105 Å². The van der Waals surface area contributed by atoms with Crippen molar-refractivity contribution in [1.82, 2.24) is 15.5 Å². The molecule has 2 rings (SSSR count). The van der Waals surface area contributed by atoms with E-state index < -0.39 is 17.8 Å². The van der Waals surface area contributed by atoms with Crippen LogP contribution in [-0.4, -0.2) is 27.1 Å². The first-order chi connectivity index (χ1) is 11.8. The highest BCUT2D eigenvalue weighted by Gasteiger charge is 2.19. The molecular formula is C17H20FN3O4. The summed E-state index contributed by atoms with van der Waals surface area (Å²) in [5, 5.41) is 15.5. The Bertz CT molecular complexity index is 728. The number of hydrogen-bond donors (Lipinski definition) is 2. The van der Waals surface area contributed by atoms with Crippen molar-refractivity contribution in [2.45, 2.75) is 45.1 Å². The number of carboxylic acids is 1. The zero-order chi connectivity index (χ0) is 18.4. The van der Waals surface area contributed by atoms with Crippen LogP contribution in [0.25, 0.3) is 0 Å². The van der Waals surface area contributed by atoms with Gasteiger partial charge in [0.2, 0.25) is 11.8 Å². The Labute approximate surface area is 144 Å². The molecule has 1 aromatic heterocycles. The molecule has 0 saturated carbocycles. The van der Waals surface area contributed by atoms with Crippen LogP contribution in [0.15, 0.2) is 28.8 Å². The minimum Gasteiger partial charge on any atom is -0.481 e. The highest BCUT2D eigenvalue weighted by atomic mass is 19.1. The van der Waals surface area contributed by atoms with Gasteiger partial charge in [-0.1, -0.05) is 31.1 Å². The fourth-order valence-corrected chi connectivity index (χ4v) is 2.21. The number of aromatic nitrogens is 2. The van der Waals surface area contributed by atoms with E-state index in [0.29, 0.717) is 17.3 Å². The molecule has 0 saturated heterocycles. The standard InChI is InChI=1S/C17H20FN3O4/c1-10(2)17-20-15(25-21-17)8-7-14(22)19-13(9-16(23)24)11-3-5-12(18)6-4-11/h3-6,10,13H,7-9H2,1-2H3,(H,19,22)(H,23,24). The number of carboxylic acid groups (broad SMARTS) is 1. The average molecular weight is 349 g/mol. The lowest BCUT2D eigenvalue weighted by Crippen LogP contribution is -2.30. The average Bonchev–Trinajstić information content (AvgIpc) is 3.02. The second-order valence-electron chi connectivity index (χ2n) is 5.97. The lowest BCUT2D eigenvalue weighted by Gasteiger charge is -2.17. The van der Waals surface area contributed by atoms with Gasteiger partial charge in [-0.05, 0) is 17.7 Å². The molecule has 1 unspecified atom stereocenters. The number of nitrogens with zero attached hydrogens (tertiary/aromatic N) is 2. The van der Waals surface area contributed by atoms with Gasteiger partial charge >= 0.3 is 5.97 Å². The number of rotatable bonds is 8. The molecule has 0 radical (unpaired) electrons. The molecule has 7 nitrogen and oxygen atoms in total. The summed E-state index contributed by atoms with van der Waals surface area (Å²) in [5.74, 6) is -0.778. The minimum absolute atomic E-state index is 0.0804. The quantitative estimate of drug-likeness (QED) is 0.759. The minimum atomic E-state index is -1.06. The molecule has 1 heterocycles. The predicted octanol–water partition coefficient (Wildman–Crippen LogP) is 2.60. The van der Waals surface area contributed by atoms with E-state index in [1.165, 1.54) is 24.3 Å². The molecule has 0 aliphatic heterocycles. The predicted molar refractivity (Wildman–Crippen MR) is 86.2 cm³/mol. The summed E-state index contributed by atoms with van der Waals surface area (Å²) in [6.07, 6.45) is 0.0429. The molecule has 2 aromatic rings. The molecule has 25 heavy (non-hydrogen) atoms. The van der Waals surface area contributed by atoms with Crippen molar-refractivity contribution >= 4 is 11.9 Å². The molecular weight excluding hydrogens is 329 g/mol. The summed E-state index contributed by atoms with van der Waals surface area (Å²) in [4.78, 5) is 27.3. The van der Waals surface area contributed by atoms with Crippen LogP contribution < -0.4 is 5.32 Å². The van der Waals surface area contributed by atoms with Crippen LogP contribution in [0.5, 0.6) is 0 Å². The van der Waals surface area contributed by atoms with Gasteiger partial charge in [-0.15, -0.1) is 0 Å². The summed E-state index contributed by atoms with van der Waals surface area (Å²) in [5.41, 5.74) is 0.525. The molecule has 0 spiro atoms. The number of carbonyl (C=O) groups is 2. The van der Waals surface area contributed by atoms with E-state index in [0.717, 1.165) is 0 Å². The van der Waals surface area contributed by atoms with Gasteiger partial charge in [0.1, 0.15) is 5.82 Å². The van der Waals surface area contributed by atoms with E-state index in [-0.39, 0.29) is 31.1 Å². The van der Waals surface area contributed by atoms with Crippen molar-refractivity contribution in [2.75, 3.05) is 0 Å². The fraction of sp³-hybridized carbons (Fsp3) is 0.412. The Hall–Kier alpha value is -2.77. The summed E-state index contributed by atoms with van der Waals surface area (Å²) in [7, 11) is 0. The van der Waals surface area contributed by atoms with Crippen LogP contribution in [-0.2, 0) is 16.0 Å². The molecule has 134 valence electrons. The Balaban J connectivity index is 1.96. The van der Waals surface area contributed by atoms with Crippen molar-refractivity contribution < 1.29 is 23.6 Å². The number of hydrogen-bond acceptors (Lipinski definition) is 5. The number of nitrogens with one attached hydrogen (secondary N) is 1. The van der Waals surface area contributed by atoms with Gasteiger partial charge in [-0.2, -0.15) is 4.98 Å². The van der Waals surface area contributed by atoms with Gasteiger partial charge in [0.05, 0.1) is 12.5 Å². The highest BCUT2D eigenvalue weighted by Crippen LogP contribution is 2.18. The zero-order valence-electron chi connectivity index (χ0n) is 14.0. The Morgan fingerprint density at radius 3 is 2.52 bits per heavy atom. The third-order valence-corrected chi connectivity index (χ3v) is 3.55. The first kappa shape index (κ1) is 18.6. The largest absolute Gasteiger partial charge is 0.481 e. The second kappa shape index (κ2) is 8.36. The molecule has 0 bridgehead atoms. The Kier molecular flexibility index (Phi) is 6.21. The number of aliphatic carboxylic acids is 1. The summed E-state index contributed by atoms with van der Waals surface area (Å²) in [6, 6.07) is 4.62. The summed E-state index contributed by atoms with van der Waals surface area (Å²) >= 11 is 0. The number of amides is 1. The number of halogens is 1. The van der Waals surface area contributed by atoms with E-state index in [9.17, 15) is 14.0 Å². The van der Waals surface area contributed by atoms with Gasteiger partial charge in [0.15, 0.2) is 5.82 Å². The Morgan fingerprint density at radius 2 is 1.96 bits per heavy atom. The van der Waals surface area contributed by atoms with Crippen molar-refractivity contribution in [1.29, 1.82) is 0 Å². The second-order valence-corrected chi connectivity index (χ2v) is 5.97. The normalized spacial score (nSPS) is 12.2. The molecule has 0 aliphatic rings. The molecule has 1 amide bonds. The van der Waals surface area contributed by atoms with E-state index in [4.69, 9.17) is 9.63 Å². The first-order valence-electron chi connectivity index (χ1n) is 7.94. The van der Waals surface area contributed by atoms with Gasteiger partial charge in [-0.25, -0.2) is 4.39 Å². The maximum atomic E-state index is 13.0. The summed E-state index contributed by atoms with van der Waals surface area (Å²) < 4.78 is 18.1. The summed E-state index contributed by atoms with van der Waals surface area (Å²) in [6.45, 7) is 3.86. The SMILES string of the molecule is CC(C)c1noc(CCC(=O)NC(CC(=O)O)c2ccc(F)cc2)n1. The van der Waals surface area contributed by atoms with Crippen molar-refractivity contribution in [3.8, 4) is 0 Å². The number of benzene rings is 1. The lowest BCUT2D eigenvalue weighted by atomic mass is 10.0. The van der Waals surface area contributed by atoms with Crippen LogP contribution in [0.2, 0.25) is 0 Å². The first-order valence-corrected chi connectivity index (χ1v) is 7.94. The van der Waals surface area contributed by atoms with E-state index in [2.05, 4.69) is 15.5 Å². The van der Waals surface area contributed by atoms with Crippen LogP contribution in [0, 0.1) is 5.82 Å². The van der Waals surface area contributed by atoms with Crippen molar-refractivity contribution in [3.05, 3.63) is 47.4 Å². The van der Waals surface area contributed by atoms with Gasteiger partial charge in [0.25, 0.3) is 0 Å². The Morgan fingerprint density at radius 1 is 1.28 bits per heavy atom. The van der Waals surface area contributed by atoms with Gasteiger partial charge in [0, 0.05) is 18.8 Å². The molecule has 0 fully saturated rings. The molecule has 0 aliphatic carbocycles. The van der Waals surface area contributed by atoms with E-state index in [1.54, 1.807) is 0 Å². The maximum absolute atomic E-state index is 13.0. The fourth-order valence-electron chi connectivity index (χ4n) is 2.21. The molecule has 1 aromatic carbocycles. The maximum Gasteiger partial charge on any atom is 0.305 e. The van der Waals surface area contributed by atoms with Crippen LogP contribution in [0.3, 0.4) is 0 Å². The number of carbonyl (C=O) groups excluding carboxylic acids is 1. The van der Waals surface area contributed by atoms with Crippen molar-refractivity contribution in [3.63, 3.8) is 0 Å². The van der Waals surface area contributed by atoms with E-state index in [1.807, 2.05) is 13.8 Å². The monoisotopic (exact) mass is 349 g/mol. The van der Waals surface area contributed by atoms with Crippen molar-refractivity contribution in [2.24, 2.45) is 0 Å². The third-order valence-electron chi connectivity index (χ3n) is 3.55. The van der Waals surface area contributed by atoms with Crippen LogP contribution in [0.4, 0.5) is 4.39 Å². The molecule has 2 N–H and O–H groups in total. The number of aryl methyl sites for hydroxylation is 1.